The quantitative estimate of drug-likeness (QED) is 0.741. The number of rotatable bonds is 7. The molecule has 1 saturated heterocycles. The second kappa shape index (κ2) is 9.09. The minimum atomic E-state index is -3.28. The summed E-state index contributed by atoms with van der Waals surface area (Å²) in [4.78, 5) is 12.7. The third-order valence-corrected chi connectivity index (χ3v) is 7.52. The van der Waals surface area contributed by atoms with Crippen molar-refractivity contribution in [3.8, 4) is 0 Å². The molecular weight excluding hydrogens is 384 g/mol. The highest BCUT2D eigenvalue weighted by atomic mass is 32.2. The number of hydrogen-bond donors (Lipinski definition) is 1. The molecule has 1 N–H and O–H groups in total. The van der Waals surface area contributed by atoms with Gasteiger partial charge in [-0.05, 0) is 67.5 Å². The number of carbonyl (C=O) groups is 1. The molecule has 5 nitrogen and oxygen atoms in total. The largest absolute Gasteiger partial charge is 0.345 e. The zero-order chi connectivity index (χ0) is 21.0. The highest BCUT2D eigenvalue weighted by molar-refractivity contribution is 7.88. The Kier molecular flexibility index (Phi) is 6.75. The number of nitrogens with one attached hydrogen (secondary N) is 1. The molecule has 6 heteroatoms. The molecule has 0 aromatic heterocycles. The summed E-state index contributed by atoms with van der Waals surface area (Å²) >= 11 is 0. The molecule has 0 unspecified atom stereocenters. The number of benzene rings is 2. The van der Waals surface area contributed by atoms with E-state index in [0.717, 1.165) is 24.8 Å². The summed E-state index contributed by atoms with van der Waals surface area (Å²) < 4.78 is 26.5. The number of amides is 1. The van der Waals surface area contributed by atoms with Crippen LogP contribution in [0.2, 0.25) is 0 Å². The van der Waals surface area contributed by atoms with Gasteiger partial charge in [-0.15, -0.1) is 0 Å². The van der Waals surface area contributed by atoms with Crippen molar-refractivity contribution in [1.29, 1.82) is 0 Å². The summed E-state index contributed by atoms with van der Waals surface area (Å²) in [5.41, 5.74) is 4.77. The zero-order valence-corrected chi connectivity index (χ0v) is 18.3. The Morgan fingerprint density at radius 2 is 1.69 bits per heavy atom. The van der Waals surface area contributed by atoms with Crippen LogP contribution in [0.3, 0.4) is 0 Å². The molecule has 0 radical (unpaired) electrons. The highest BCUT2D eigenvalue weighted by Crippen LogP contribution is 2.21. The minimum Gasteiger partial charge on any atom is -0.345 e. The molecule has 3 rings (SSSR count). The van der Waals surface area contributed by atoms with Crippen molar-refractivity contribution in [2.24, 2.45) is 0 Å². The Morgan fingerprint density at radius 1 is 1.03 bits per heavy atom. The summed E-state index contributed by atoms with van der Waals surface area (Å²) in [5.74, 6) is -0.168. The van der Waals surface area contributed by atoms with Crippen molar-refractivity contribution in [1.82, 2.24) is 9.62 Å². The van der Waals surface area contributed by atoms with E-state index in [4.69, 9.17) is 0 Å². The van der Waals surface area contributed by atoms with Crippen LogP contribution in [-0.4, -0.2) is 31.7 Å². The average Bonchev–Trinajstić information content (AvgIpc) is 3.24. The maximum atomic E-state index is 12.7. The van der Waals surface area contributed by atoms with Crippen molar-refractivity contribution in [2.45, 2.75) is 51.8 Å². The molecule has 0 spiro atoms. The lowest BCUT2D eigenvalue weighted by atomic mass is 9.99. The first-order valence-electron chi connectivity index (χ1n) is 10.2. The van der Waals surface area contributed by atoms with Crippen molar-refractivity contribution in [3.63, 3.8) is 0 Å². The van der Waals surface area contributed by atoms with E-state index in [1.807, 2.05) is 6.92 Å². The molecule has 156 valence electrons. The third kappa shape index (κ3) is 5.25. The summed E-state index contributed by atoms with van der Waals surface area (Å²) in [6.07, 6.45) is 2.65. The van der Waals surface area contributed by atoms with Crippen molar-refractivity contribution < 1.29 is 13.2 Å². The number of hydrogen-bond acceptors (Lipinski definition) is 3. The van der Waals surface area contributed by atoms with Gasteiger partial charge in [-0.3, -0.25) is 4.79 Å². The van der Waals surface area contributed by atoms with E-state index >= 15 is 0 Å². The molecule has 1 atom stereocenters. The molecular formula is C23H30N2O3S. The molecule has 29 heavy (non-hydrogen) atoms. The first-order valence-corrected chi connectivity index (χ1v) is 11.9. The highest BCUT2D eigenvalue weighted by Gasteiger charge is 2.25. The topological polar surface area (TPSA) is 66.5 Å². The first-order chi connectivity index (χ1) is 13.8. The van der Waals surface area contributed by atoms with Crippen molar-refractivity contribution in [2.75, 3.05) is 13.1 Å². The van der Waals surface area contributed by atoms with E-state index in [2.05, 4.69) is 37.4 Å². The van der Waals surface area contributed by atoms with Crippen LogP contribution >= 0.6 is 0 Å². The molecule has 1 fully saturated rings. The Labute approximate surface area is 174 Å². The molecule has 0 bridgehead atoms. The van der Waals surface area contributed by atoms with Crippen LogP contribution in [0.5, 0.6) is 0 Å². The lowest BCUT2D eigenvalue weighted by Gasteiger charge is -2.19. The van der Waals surface area contributed by atoms with Gasteiger partial charge < -0.3 is 5.32 Å². The van der Waals surface area contributed by atoms with Crippen molar-refractivity contribution >= 4 is 15.9 Å². The molecule has 1 heterocycles. The van der Waals surface area contributed by atoms with Gasteiger partial charge in [0.2, 0.25) is 10.0 Å². The fraction of sp³-hybridized carbons (Fsp3) is 0.435. The van der Waals surface area contributed by atoms with Gasteiger partial charge in [-0.25, -0.2) is 12.7 Å². The van der Waals surface area contributed by atoms with Crippen LogP contribution in [0.15, 0.2) is 42.5 Å². The van der Waals surface area contributed by atoms with Gasteiger partial charge in [0, 0.05) is 18.7 Å². The summed E-state index contributed by atoms with van der Waals surface area (Å²) in [6, 6.07) is 13.1. The fourth-order valence-electron chi connectivity index (χ4n) is 3.66. The summed E-state index contributed by atoms with van der Waals surface area (Å²) in [5, 5.41) is 3.09. The smallest absolute Gasteiger partial charge is 0.251 e. The van der Waals surface area contributed by atoms with Crippen LogP contribution < -0.4 is 5.32 Å². The van der Waals surface area contributed by atoms with Crippen LogP contribution in [-0.2, 0) is 15.8 Å². The lowest BCUT2D eigenvalue weighted by molar-refractivity contribution is 0.0935. The third-order valence-electron chi connectivity index (χ3n) is 5.67. The molecule has 1 aliphatic rings. The average molecular weight is 415 g/mol. The first kappa shape index (κ1) is 21.5. The standard InChI is InChI=1S/C23H30N2O3S/c1-4-22(21-10-7-17(2)18(3)15-21)24-23(26)20-11-8-19(9-12-20)16-29(27,28)25-13-5-6-14-25/h7-12,15,22H,4-6,13-14,16H2,1-3H3,(H,24,26)/t22-/m1/s1. The maximum Gasteiger partial charge on any atom is 0.251 e. The minimum absolute atomic E-state index is 0.0187. The lowest BCUT2D eigenvalue weighted by Crippen LogP contribution is -2.29. The van der Waals surface area contributed by atoms with E-state index in [-0.39, 0.29) is 17.7 Å². The monoisotopic (exact) mass is 414 g/mol. The summed E-state index contributed by atoms with van der Waals surface area (Å²) in [7, 11) is -3.28. The van der Waals surface area contributed by atoms with Gasteiger partial charge in [0.15, 0.2) is 0 Å². The van der Waals surface area contributed by atoms with Gasteiger partial charge in [-0.2, -0.15) is 0 Å². The van der Waals surface area contributed by atoms with Gasteiger partial charge in [-0.1, -0.05) is 37.3 Å². The van der Waals surface area contributed by atoms with Gasteiger partial charge >= 0.3 is 0 Å². The zero-order valence-electron chi connectivity index (χ0n) is 17.4. The van der Waals surface area contributed by atoms with Crippen LogP contribution in [0, 0.1) is 13.8 Å². The predicted octanol–water partition coefficient (Wildman–Crippen LogP) is 4.11. The van der Waals surface area contributed by atoms with E-state index in [1.54, 1.807) is 28.6 Å². The molecule has 1 amide bonds. The molecule has 1 aliphatic heterocycles. The Bertz CT molecular complexity index is 962. The van der Waals surface area contributed by atoms with Crippen LogP contribution in [0.25, 0.3) is 0 Å². The molecule has 2 aromatic rings. The van der Waals surface area contributed by atoms with Gasteiger partial charge in [0.1, 0.15) is 0 Å². The fourth-order valence-corrected chi connectivity index (χ4v) is 5.28. The Balaban J connectivity index is 1.67. The maximum absolute atomic E-state index is 12.7. The second-order valence-corrected chi connectivity index (χ2v) is 9.81. The summed E-state index contributed by atoms with van der Waals surface area (Å²) in [6.45, 7) is 7.41. The SMILES string of the molecule is CC[C@@H](NC(=O)c1ccc(CS(=O)(=O)N2CCCC2)cc1)c1ccc(C)c(C)c1. The van der Waals surface area contributed by atoms with Gasteiger partial charge in [0.25, 0.3) is 5.91 Å². The van der Waals surface area contributed by atoms with E-state index in [9.17, 15) is 13.2 Å². The molecule has 0 saturated carbocycles. The molecule has 0 aliphatic carbocycles. The van der Waals surface area contributed by atoms with Crippen LogP contribution in [0.4, 0.5) is 0 Å². The second-order valence-electron chi connectivity index (χ2n) is 7.84. The normalized spacial score (nSPS) is 16.0. The molecule has 2 aromatic carbocycles. The van der Waals surface area contributed by atoms with Gasteiger partial charge in [0.05, 0.1) is 11.8 Å². The predicted molar refractivity (Wildman–Crippen MR) is 116 cm³/mol. The Hall–Kier alpha value is -2.18. The van der Waals surface area contributed by atoms with E-state index < -0.39 is 10.0 Å². The van der Waals surface area contributed by atoms with Crippen LogP contribution in [0.1, 0.15) is 64.8 Å². The number of sulfonamides is 1. The van der Waals surface area contributed by atoms with E-state index in [0.29, 0.717) is 24.2 Å². The van der Waals surface area contributed by atoms with Crippen molar-refractivity contribution in [3.05, 3.63) is 70.3 Å². The number of nitrogens with zero attached hydrogens (tertiary/aromatic N) is 1. The Morgan fingerprint density at radius 3 is 2.28 bits per heavy atom. The number of aryl methyl sites for hydroxylation is 2. The van der Waals surface area contributed by atoms with E-state index in [1.165, 1.54) is 11.1 Å². The number of carbonyl (C=O) groups excluding carboxylic acids is 1.